The fourth-order valence-corrected chi connectivity index (χ4v) is 1.67. The second kappa shape index (κ2) is 3.44. The van der Waals surface area contributed by atoms with Gasteiger partial charge in [-0.3, -0.25) is 4.98 Å². The average molecular weight is 192 g/mol. The highest BCUT2D eigenvalue weighted by Gasteiger charge is 2.08. The Bertz CT molecular complexity index is 271. The van der Waals surface area contributed by atoms with Crippen LogP contribution in [0.15, 0.2) is 15.9 Å². The van der Waals surface area contributed by atoms with E-state index in [1.54, 1.807) is 0 Å². The molecule has 1 aromatic heterocycles. The summed E-state index contributed by atoms with van der Waals surface area (Å²) in [4.78, 5) is 13.7. The van der Waals surface area contributed by atoms with Gasteiger partial charge in [-0.1, -0.05) is 0 Å². The maximum Gasteiger partial charge on any atom is 0.418 e. The second-order valence-electron chi connectivity index (χ2n) is 1.46. The third-order valence-electron chi connectivity index (χ3n) is 0.732. The first kappa shape index (κ1) is 8.15. The molecule has 11 heavy (non-hydrogen) atoms. The molecule has 0 saturated heterocycles. The van der Waals surface area contributed by atoms with Crippen LogP contribution < -0.4 is 5.73 Å². The minimum Gasteiger partial charge on any atom is -0.343 e. The Kier molecular flexibility index (Phi) is 2.55. The van der Waals surface area contributed by atoms with Crippen molar-refractivity contribution in [3.63, 3.8) is 0 Å². The largest absolute Gasteiger partial charge is 0.418 e. The van der Waals surface area contributed by atoms with E-state index in [0.717, 1.165) is 11.3 Å². The molecule has 0 aromatic carbocycles. The molecule has 1 aromatic rings. The van der Waals surface area contributed by atoms with Crippen LogP contribution in [0.4, 0.5) is 4.79 Å². The van der Waals surface area contributed by atoms with Gasteiger partial charge < -0.3 is 9.92 Å². The maximum atomic E-state index is 10.9. The summed E-state index contributed by atoms with van der Waals surface area (Å²) in [6, 6.07) is 0. The van der Waals surface area contributed by atoms with Crippen LogP contribution in [0.1, 0.15) is 0 Å². The van der Waals surface area contributed by atoms with Gasteiger partial charge in [-0.25, -0.2) is 9.00 Å². The third-order valence-corrected chi connectivity index (χ3v) is 2.74. The highest BCUT2D eigenvalue weighted by molar-refractivity contribution is 7.83. The zero-order chi connectivity index (χ0) is 8.27. The lowest BCUT2D eigenvalue weighted by molar-refractivity contribution is 0.216. The fourth-order valence-electron chi connectivity index (χ4n) is 0.402. The smallest absolute Gasteiger partial charge is 0.343 e. The summed E-state index contributed by atoms with van der Waals surface area (Å²) in [6.45, 7) is 0. The van der Waals surface area contributed by atoms with Gasteiger partial charge in [0.25, 0.3) is 11.1 Å². The monoisotopic (exact) mass is 192 g/mol. The Balaban J connectivity index is 2.64. The molecule has 0 aliphatic rings. The van der Waals surface area contributed by atoms with Crippen molar-refractivity contribution < 1.29 is 13.2 Å². The SMILES string of the molecule is NC(=O)OS(=O)c1cncs1. The Hall–Kier alpha value is -0.950. The summed E-state index contributed by atoms with van der Waals surface area (Å²) < 4.78 is 15.4. The first-order valence-corrected chi connectivity index (χ1v) is 4.43. The van der Waals surface area contributed by atoms with E-state index in [-0.39, 0.29) is 0 Å². The molecule has 60 valence electrons. The van der Waals surface area contributed by atoms with E-state index in [0.29, 0.717) is 4.21 Å². The van der Waals surface area contributed by atoms with Crippen molar-refractivity contribution >= 4 is 28.5 Å². The standard InChI is InChI=1S/C4H4N2O3S2/c5-4(7)9-11(8)3-1-6-2-10-3/h1-2H,(H2,5,7). The van der Waals surface area contributed by atoms with Crippen molar-refractivity contribution in [2.45, 2.75) is 4.21 Å². The zero-order valence-electron chi connectivity index (χ0n) is 5.22. The molecule has 5 nitrogen and oxygen atoms in total. The normalized spacial score (nSPS) is 12.4. The Morgan fingerprint density at radius 3 is 3.00 bits per heavy atom. The molecule has 1 unspecified atom stereocenters. The number of rotatable bonds is 2. The summed E-state index contributed by atoms with van der Waals surface area (Å²) in [6.07, 6.45) is 0.292. The van der Waals surface area contributed by atoms with Crippen LogP contribution in [0.5, 0.6) is 0 Å². The predicted molar refractivity (Wildman–Crippen MR) is 39.2 cm³/mol. The van der Waals surface area contributed by atoms with E-state index < -0.39 is 17.2 Å². The third kappa shape index (κ3) is 2.28. The van der Waals surface area contributed by atoms with Gasteiger partial charge in [0.1, 0.15) is 0 Å². The van der Waals surface area contributed by atoms with Crippen molar-refractivity contribution in [1.29, 1.82) is 0 Å². The van der Waals surface area contributed by atoms with Gasteiger partial charge in [0.2, 0.25) is 0 Å². The number of amides is 1. The molecule has 0 aliphatic heterocycles. The number of nitrogens with zero attached hydrogens (tertiary/aromatic N) is 1. The second-order valence-corrected chi connectivity index (χ2v) is 3.68. The molecule has 1 amide bonds. The Labute approximate surface area is 68.9 Å². The minimum atomic E-state index is -1.80. The van der Waals surface area contributed by atoms with Crippen LogP contribution in [0.2, 0.25) is 0 Å². The van der Waals surface area contributed by atoms with Crippen LogP contribution in [-0.2, 0) is 15.3 Å². The molecule has 1 rings (SSSR count). The van der Waals surface area contributed by atoms with Gasteiger partial charge in [0.05, 0.1) is 11.7 Å². The van der Waals surface area contributed by atoms with Gasteiger partial charge in [0, 0.05) is 0 Å². The van der Waals surface area contributed by atoms with Crippen LogP contribution in [0.3, 0.4) is 0 Å². The molecule has 0 fully saturated rings. The molecule has 0 saturated carbocycles. The number of thiazole rings is 1. The molecule has 1 atom stereocenters. The van der Waals surface area contributed by atoms with Crippen LogP contribution >= 0.6 is 11.3 Å². The predicted octanol–water partition coefficient (Wildman–Crippen LogP) is 0.261. The summed E-state index contributed by atoms with van der Waals surface area (Å²) in [5.74, 6) is 0. The quantitative estimate of drug-likeness (QED) is 0.728. The van der Waals surface area contributed by atoms with Crippen molar-refractivity contribution in [2.24, 2.45) is 5.73 Å². The number of hydrogen-bond acceptors (Lipinski definition) is 5. The summed E-state index contributed by atoms with van der Waals surface area (Å²) in [7, 11) is 0. The number of aromatic nitrogens is 1. The number of carbonyl (C=O) groups is 1. The molecule has 2 N–H and O–H groups in total. The van der Waals surface area contributed by atoms with E-state index in [1.807, 2.05) is 0 Å². The molecule has 0 radical (unpaired) electrons. The average Bonchev–Trinajstić information content (AvgIpc) is 2.35. The van der Waals surface area contributed by atoms with Crippen LogP contribution in [-0.4, -0.2) is 15.3 Å². The number of carbonyl (C=O) groups excluding carboxylic acids is 1. The van der Waals surface area contributed by atoms with Crippen molar-refractivity contribution in [3.8, 4) is 0 Å². The van der Waals surface area contributed by atoms with E-state index in [2.05, 4.69) is 14.9 Å². The molecular formula is C4H4N2O3S2. The molecule has 1 heterocycles. The highest BCUT2D eigenvalue weighted by atomic mass is 32.2. The maximum absolute atomic E-state index is 10.9. The lowest BCUT2D eigenvalue weighted by atomic mass is 11.0. The van der Waals surface area contributed by atoms with Gasteiger partial charge in [0.15, 0.2) is 4.21 Å². The van der Waals surface area contributed by atoms with Gasteiger partial charge in [-0.15, -0.1) is 11.3 Å². The number of hydrogen-bond donors (Lipinski definition) is 1. The Morgan fingerprint density at radius 2 is 2.55 bits per heavy atom. The van der Waals surface area contributed by atoms with E-state index >= 15 is 0 Å². The van der Waals surface area contributed by atoms with Crippen LogP contribution in [0, 0.1) is 0 Å². The Morgan fingerprint density at radius 1 is 1.82 bits per heavy atom. The zero-order valence-corrected chi connectivity index (χ0v) is 6.85. The van der Waals surface area contributed by atoms with Gasteiger partial charge >= 0.3 is 6.09 Å². The molecule has 0 bridgehead atoms. The lowest BCUT2D eigenvalue weighted by Crippen LogP contribution is -2.14. The fraction of sp³-hybridized carbons (Fsp3) is 0. The first-order valence-electron chi connectivity index (χ1n) is 2.48. The topological polar surface area (TPSA) is 82.3 Å². The summed E-state index contributed by atoms with van der Waals surface area (Å²) in [5, 5.41) is 0. The van der Waals surface area contributed by atoms with E-state index in [9.17, 15) is 9.00 Å². The summed E-state index contributed by atoms with van der Waals surface area (Å²) >= 11 is -0.672. The summed E-state index contributed by atoms with van der Waals surface area (Å²) in [5.41, 5.74) is 6.11. The van der Waals surface area contributed by atoms with E-state index in [4.69, 9.17) is 0 Å². The van der Waals surface area contributed by atoms with Crippen molar-refractivity contribution in [2.75, 3.05) is 0 Å². The van der Waals surface area contributed by atoms with Crippen molar-refractivity contribution in [1.82, 2.24) is 4.98 Å². The molecule has 7 heteroatoms. The molecular weight excluding hydrogens is 188 g/mol. The van der Waals surface area contributed by atoms with E-state index in [1.165, 1.54) is 11.7 Å². The molecule has 0 aliphatic carbocycles. The van der Waals surface area contributed by atoms with Crippen molar-refractivity contribution in [3.05, 3.63) is 11.7 Å². The lowest BCUT2D eigenvalue weighted by Gasteiger charge is -1.93. The highest BCUT2D eigenvalue weighted by Crippen LogP contribution is 2.11. The van der Waals surface area contributed by atoms with Crippen LogP contribution in [0.25, 0.3) is 0 Å². The number of primary amides is 1. The van der Waals surface area contributed by atoms with Gasteiger partial charge in [-0.05, 0) is 0 Å². The molecule has 0 spiro atoms. The number of nitrogens with two attached hydrogens (primary N) is 1. The minimum absolute atomic E-state index is 0.365. The first-order chi connectivity index (χ1) is 5.20. The van der Waals surface area contributed by atoms with Gasteiger partial charge in [-0.2, -0.15) is 0 Å².